The van der Waals surface area contributed by atoms with Gasteiger partial charge in [-0.25, -0.2) is 0 Å². The van der Waals surface area contributed by atoms with E-state index in [1.807, 2.05) is 24.3 Å². The minimum atomic E-state index is 0.689. The topological polar surface area (TPSA) is 23.8 Å². The highest BCUT2D eigenvalue weighted by atomic mass is 14.2. The van der Waals surface area contributed by atoms with E-state index in [0.29, 0.717) is 5.56 Å². The lowest BCUT2D eigenvalue weighted by Gasteiger charge is -2.14. The molecule has 0 atom stereocenters. The largest absolute Gasteiger partial charge is 0.192 e. The van der Waals surface area contributed by atoms with E-state index in [4.69, 9.17) is 5.26 Å². The molecular weight excluding hydrogens is 266 g/mol. The number of benzene rings is 3. The first-order valence-corrected chi connectivity index (χ1v) is 7.36. The van der Waals surface area contributed by atoms with Gasteiger partial charge in [0, 0.05) is 0 Å². The molecule has 0 N–H and O–H groups in total. The smallest absolute Gasteiger partial charge is 0.0991 e. The molecule has 0 saturated carbocycles. The quantitative estimate of drug-likeness (QED) is 0.608. The summed E-state index contributed by atoms with van der Waals surface area (Å²) in [4.78, 5) is 0. The van der Waals surface area contributed by atoms with E-state index in [2.05, 4.69) is 62.4 Å². The Balaban J connectivity index is 2.20. The van der Waals surface area contributed by atoms with E-state index >= 15 is 0 Å². The average molecular weight is 283 g/mol. The van der Waals surface area contributed by atoms with Gasteiger partial charge >= 0.3 is 0 Å². The van der Waals surface area contributed by atoms with Crippen molar-refractivity contribution in [2.75, 3.05) is 0 Å². The van der Waals surface area contributed by atoms with Crippen molar-refractivity contribution >= 4 is 0 Å². The molecule has 0 aliphatic heterocycles. The SMILES string of the molecule is Cc1cccc(-c2cccc(C)c2-c2ccc(C#N)cc2)c1. The highest BCUT2D eigenvalue weighted by Crippen LogP contribution is 2.35. The molecule has 3 aromatic rings. The van der Waals surface area contributed by atoms with E-state index in [1.54, 1.807) is 0 Å². The third-order valence-corrected chi connectivity index (χ3v) is 3.90. The number of hydrogen-bond acceptors (Lipinski definition) is 1. The van der Waals surface area contributed by atoms with Gasteiger partial charge in [-0.15, -0.1) is 0 Å². The van der Waals surface area contributed by atoms with Crippen molar-refractivity contribution in [3.05, 3.63) is 83.4 Å². The Kier molecular flexibility index (Phi) is 3.76. The fraction of sp³-hybridized carbons (Fsp3) is 0.0952. The molecule has 1 nitrogen and oxygen atoms in total. The maximum atomic E-state index is 8.97. The van der Waals surface area contributed by atoms with Crippen LogP contribution < -0.4 is 0 Å². The summed E-state index contributed by atoms with van der Waals surface area (Å²) in [5.41, 5.74) is 8.02. The second-order valence-electron chi connectivity index (χ2n) is 5.56. The Morgan fingerprint density at radius 3 is 2.18 bits per heavy atom. The van der Waals surface area contributed by atoms with Crippen LogP contribution in [0.4, 0.5) is 0 Å². The predicted octanol–water partition coefficient (Wildman–Crippen LogP) is 5.51. The molecule has 0 aliphatic rings. The maximum Gasteiger partial charge on any atom is 0.0991 e. The van der Waals surface area contributed by atoms with Crippen molar-refractivity contribution in [1.82, 2.24) is 0 Å². The third-order valence-electron chi connectivity index (χ3n) is 3.90. The van der Waals surface area contributed by atoms with Crippen LogP contribution in [0.25, 0.3) is 22.3 Å². The van der Waals surface area contributed by atoms with Gasteiger partial charge in [0.25, 0.3) is 0 Å². The van der Waals surface area contributed by atoms with Crippen molar-refractivity contribution in [3.8, 4) is 28.3 Å². The standard InChI is InChI=1S/C21H17N/c1-15-5-3-7-19(13-15)20-8-4-6-16(2)21(20)18-11-9-17(14-22)10-12-18/h3-13H,1-2H3. The lowest BCUT2D eigenvalue weighted by atomic mass is 9.90. The Labute approximate surface area is 131 Å². The molecule has 0 amide bonds. The van der Waals surface area contributed by atoms with Gasteiger partial charge < -0.3 is 0 Å². The molecule has 0 spiro atoms. The predicted molar refractivity (Wildman–Crippen MR) is 91.5 cm³/mol. The maximum absolute atomic E-state index is 8.97. The van der Waals surface area contributed by atoms with Crippen LogP contribution in [0.3, 0.4) is 0 Å². The molecule has 0 fully saturated rings. The van der Waals surface area contributed by atoms with Crippen LogP contribution in [-0.2, 0) is 0 Å². The number of hydrogen-bond donors (Lipinski definition) is 0. The van der Waals surface area contributed by atoms with Crippen LogP contribution in [0, 0.1) is 25.2 Å². The third kappa shape index (κ3) is 2.64. The zero-order valence-electron chi connectivity index (χ0n) is 12.8. The minimum absolute atomic E-state index is 0.689. The second kappa shape index (κ2) is 5.87. The zero-order chi connectivity index (χ0) is 15.5. The molecule has 1 heteroatoms. The molecule has 0 bridgehead atoms. The molecule has 0 radical (unpaired) electrons. The van der Waals surface area contributed by atoms with Crippen molar-refractivity contribution in [3.63, 3.8) is 0 Å². The van der Waals surface area contributed by atoms with E-state index in [-0.39, 0.29) is 0 Å². The van der Waals surface area contributed by atoms with Crippen LogP contribution >= 0.6 is 0 Å². The molecule has 0 aliphatic carbocycles. The molecule has 106 valence electrons. The van der Waals surface area contributed by atoms with Gasteiger partial charge in [-0.05, 0) is 53.8 Å². The minimum Gasteiger partial charge on any atom is -0.192 e. The van der Waals surface area contributed by atoms with Gasteiger partial charge in [-0.3, -0.25) is 0 Å². The Hall–Kier alpha value is -2.85. The molecule has 0 unspecified atom stereocenters. The van der Waals surface area contributed by atoms with Gasteiger partial charge in [0.1, 0.15) is 0 Å². The molecule has 0 aromatic heterocycles. The number of rotatable bonds is 2. The van der Waals surface area contributed by atoms with Crippen LogP contribution in [-0.4, -0.2) is 0 Å². The first-order chi connectivity index (χ1) is 10.7. The van der Waals surface area contributed by atoms with Gasteiger partial charge in [0.15, 0.2) is 0 Å². The second-order valence-corrected chi connectivity index (χ2v) is 5.56. The number of nitriles is 1. The van der Waals surface area contributed by atoms with Gasteiger partial charge in [-0.2, -0.15) is 5.26 Å². The van der Waals surface area contributed by atoms with Crippen LogP contribution in [0.2, 0.25) is 0 Å². The van der Waals surface area contributed by atoms with Gasteiger partial charge in [0.2, 0.25) is 0 Å². The summed E-state index contributed by atoms with van der Waals surface area (Å²) in [5.74, 6) is 0. The summed E-state index contributed by atoms with van der Waals surface area (Å²) in [6.45, 7) is 4.24. The summed E-state index contributed by atoms with van der Waals surface area (Å²) in [6, 6.07) is 24.9. The summed E-state index contributed by atoms with van der Waals surface area (Å²) in [7, 11) is 0. The van der Waals surface area contributed by atoms with E-state index in [0.717, 1.165) is 5.56 Å². The summed E-state index contributed by atoms with van der Waals surface area (Å²) >= 11 is 0. The lowest BCUT2D eigenvalue weighted by molar-refractivity contribution is 1.42. The normalized spacial score (nSPS) is 10.2. The fourth-order valence-corrected chi connectivity index (χ4v) is 2.82. The highest BCUT2D eigenvalue weighted by Gasteiger charge is 2.10. The van der Waals surface area contributed by atoms with E-state index in [9.17, 15) is 0 Å². The Bertz CT molecular complexity index is 852. The Morgan fingerprint density at radius 2 is 1.50 bits per heavy atom. The van der Waals surface area contributed by atoms with Crippen molar-refractivity contribution in [2.24, 2.45) is 0 Å². The lowest BCUT2D eigenvalue weighted by Crippen LogP contribution is -1.90. The molecule has 0 saturated heterocycles. The zero-order valence-corrected chi connectivity index (χ0v) is 12.8. The fourth-order valence-electron chi connectivity index (χ4n) is 2.82. The first-order valence-electron chi connectivity index (χ1n) is 7.36. The molecule has 3 aromatic carbocycles. The van der Waals surface area contributed by atoms with E-state index < -0.39 is 0 Å². The van der Waals surface area contributed by atoms with Crippen molar-refractivity contribution in [2.45, 2.75) is 13.8 Å². The molecule has 3 rings (SSSR count). The van der Waals surface area contributed by atoms with Crippen molar-refractivity contribution in [1.29, 1.82) is 5.26 Å². The molecule has 0 heterocycles. The van der Waals surface area contributed by atoms with Crippen molar-refractivity contribution < 1.29 is 0 Å². The Morgan fingerprint density at radius 1 is 0.773 bits per heavy atom. The number of nitrogens with zero attached hydrogens (tertiary/aromatic N) is 1. The highest BCUT2D eigenvalue weighted by molar-refractivity contribution is 5.85. The average Bonchev–Trinajstić information content (AvgIpc) is 2.55. The molecule has 22 heavy (non-hydrogen) atoms. The number of aryl methyl sites for hydroxylation is 2. The van der Waals surface area contributed by atoms with Gasteiger partial charge in [0.05, 0.1) is 11.6 Å². The van der Waals surface area contributed by atoms with Crippen LogP contribution in [0.5, 0.6) is 0 Å². The summed E-state index contributed by atoms with van der Waals surface area (Å²) < 4.78 is 0. The van der Waals surface area contributed by atoms with Crippen LogP contribution in [0.1, 0.15) is 16.7 Å². The van der Waals surface area contributed by atoms with Gasteiger partial charge in [-0.1, -0.05) is 60.2 Å². The molecular formula is C21H17N. The first kappa shape index (κ1) is 14.1. The summed E-state index contributed by atoms with van der Waals surface area (Å²) in [6.07, 6.45) is 0. The van der Waals surface area contributed by atoms with E-state index in [1.165, 1.54) is 27.8 Å². The summed E-state index contributed by atoms with van der Waals surface area (Å²) in [5, 5.41) is 8.97. The van der Waals surface area contributed by atoms with Crippen LogP contribution in [0.15, 0.2) is 66.7 Å². The monoisotopic (exact) mass is 283 g/mol.